The van der Waals surface area contributed by atoms with Gasteiger partial charge in [-0.15, -0.1) is 0 Å². The molecule has 2 rings (SSSR count). The van der Waals surface area contributed by atoms with Crippen molar-refractivity contribution in [2.24, 2.45) is 16.9 Å². The Morgan fingerprint density at radius 3 is 2.56 bits per heavy atom. The maximum atomic E-state index is 12.4. The monoisotopic (exact) mass is 252 g/mol. The van der Waals surface area contributed by atoms with Crippen LogP contribution >= 0.6 is 0 Å². The molecule has 102 valence electrons. The summed E-state index contributed by atoms with van der Waals surface area (Å²) in [4.78, 5) is 12.4. The molecular formula is C14H24N2O2. The normalized spacial score (nSPS) is 33.8. The lowest BCUT2D eigenvalue weighted by atomic mass is 9.91. The number of aliphatic hydroxyl groups excluding tert-OH is 1. The van der Waals surface area contributed by atoms with E-state index in [2.05, 4.69) is 18.9 Å². The first-order chi connectivity index (χ1) is 8.52. The quantitative estimate of drug-likeness (QED) is 0.766. The van der Waals surface area contributed by atoms with Crippen LogP contribution in [0.25, 0.3) is 0 Å². The van der Waals surface area contributed by atoms with Crippen LogP contribution in [0.1, 0.15) is 52.9 Å². The highest BCUT2D eigenvalue weighted by Gasteiger charge is 2.41. The fourth-order valence-corrected chi connectivity index (χ4v) is 3.16. The molecule has 0 spiro atoms. The standard InChI is InChI=1S/C14H24N2O2/c1-9(2)13-10(3)15-16(14(13)18)11-7-5-4-6-8-12(11)17/h9,11-13,17H,4-8H2,1-3H3. The lowest BCUT2D eigenvalue weighted by Crippen LogP contribution is -2.43. The summed E-state index contributed by atoms with van der Waals surface area (Å²) in [6, 6.07) is -0.112. The Labute approximate surface area is 109 Å². The second kappa shape index (κ2) is 5.39. The summed E-state index contributed by atoms with van der Waals surface area (Å²) in [6.07, 6.45) is 4.51. The van der Waals surface area contributed by atoms with Crippen molar-refractivity contribution in [3.05, 3.63) is 0 Å². The van der Waals surface area contributed by atoms with Crippen LogP contribution in [0, 0.1) is 11.8 Å². The largest absolute Gasteiger partial charge is 0.391 e. The van der Waals surface area contributed by atoms with Crippen LogP contribution in [0.3, 0.4) is 0 Å². The molecule has 3 unspecified atom stereocenters. The lowest BCUT2D eigenvalue weighted by Gasteiger charge is -2.28. The van der Waals surface area contributed by atoms with Gasteiger partial charge in [-0.3, -0.25) is 4.79 Å². The van der Waals surface area contributed by atoms with E-state index in [0.717, 1.165) is 37.8 Å². The minimum atomic E-state index is -0.418. The molecule has 1 aliphatic carbocycles. The van der Waals surface area contributed by atoms with Crippen LogP contribution < -0.4 is 0 Å². The molecule has 3 atom stereocenters. The predicted molar refractivity (Wildman–Crippen MR) is 71.2 cm³/mol. The summed E-state index contributed by atoms with van der Waals surface area (Å²) < 4.78 is 0. The number of rotatable bonds is 2. The molecule has 1 heterocycles. The van der Waals surface area contributed by atoms with Crippen LogP contribution in [0.4, 0.5) is 0 Å². The molecule has 4 nitrogen and oxygen atoms in total. The molecule has 4 heteroatoms. The second-order valence-electron chi connectivity index (χ2n) is 5.92. The minimum absolute atomic E-state index is 0.0773. The molecule has 1 fully saturated rings. The summed E-state index contributed by atoms with van der Waals surface area (Å²) >= 11 is 0. The zero-order chi connectivity index (χ0) is 13.3. The van der Waals surface area contributed by atoms with Gasteiger partial charge in [0.25, 0.3) is 5.91 Å². The van der Waals surface area contributed by atoms with Crippen molar-refractivity contribution in [1.29, 1.82) is 0 Å². The van der Waals surface area contributed by atoms with Gasteiger partial charge in [-0.25, -0.2) is 5.01 Å². The second-order valence-corrected chi connectivity index (χ2v) is 5.92. The van der Waals surface area contributed by atoms with Gasteiger partial charge in [-0.1, -0.05) is 33.1 Å². The third-order valence-electron chi connectivity index (χ3n) is 4.13. The maximum Gasteiger partial charge on any atom is 0.252 e. The van der Waals surface area contributed by atoms with Gasteiger partial charge in [0, 0.05) is 5.71 Å². The van der Waals surface area contributed by atoms with E-state index in [0.29, 0.717) is 0 Å². The average Bonchev–Trinajstić information content (AvgIpc) is 2.47. The number of hydrogen-bond acceptors (Lipinski definition) is 3. The van der Waals surface area contributed by atoms with Crippen molar-refractivity contribution in [2.45, 2.75) is 65.0 Å². The van der Waals surface area contributed by atoms with Crippen molar-refractivity contribution in [3.8, 4) is 0 Å². The van der Waals surface area contributed by atoms with Gasteiger partial charge in [-0.05, 0) is 25.7 Å². The number of aliphatic hydroxyl groups is 1. The van der Waals surface area contributed by atoms with Gasteiger partial charge in [-0.2, -0.15) is 5.10 Å². The Bertz CT molecular complexity index is 352. The molecule has 1 saturated carbocycles. The highest BCUT2D eigenvalue weighted by Crippen LogP contribution is 2.30. The SMILES string of the molecule is CC1=NN(C2CCCCCC2O)C(=O)C1C(C)C. The predicted octanol–water partition coefficient (Wildman–Crippen LogP) is 2.17. The van der Waals surface area contributed by atoms with Crippen LogP contribution in [0.15, 0.2) is 5.10 Å². The van der Waals surface area contributed by atoms with Crippen LogP contribution in [0.5, 0.6) is 0 Å². The molecule has 0 saturated heterocycles. The Morgan fingerprint density at radius 1 is 1.28 bits per heavy atom. The van der Waals surface area contributed by atoms with E-state index >= 15 is 0 Å². The fourth-order valence-electron chi connectivity index (χ4n) is 3.16. The smallest absolute Gasteiger partial charge is 0.252 e. The lowest BCUT2D eigenvalue weighted by molar-refractivity contribution is -0.137. The molecule has 1 N–H and O–H groups in total. The summed E-state index contributed by atoms with van der Waals surface area (Å²) in [5, 5.41) is 16.2. The van der Waals surface area contributed by atoms with Gasteiger partial charge < -0.3 is 5.11 Å². The van der Waals surface area contributed by atoms with E-state index in [1.807, 2.05) is 6.92 Å². The van der Waals surface area contributed by atoms with Gasteiger partial charge in [0.2, 0.25) is 0 Å². The average molecular weight is 252 g/mol. The first-order valence-electron chi connectivity index (χ1n) is 7.08. The van der Waals surface area contributed by atoms with E-state index < -0.39 is 6.10 Å². The van der Waals surface area contributed by atoms with Gasteiger partial charge >= 0.3 is 0 Å². The summed E-state index contributed by atoms with van der Waals surface area (Å²) in [5.74, 6) is 0.253. The van der Waals surface area contributed by atoms with Crippen molar-refractivity contribution in [1.82, 2.24) is 5.01 Å². The van der Waals surface area contributed by atoms with E-state index in [1.54, 1.807) is 5.01 Å². The van der Waals surface area contributed by atoms with E-state index in [-0.39, 0.29) is 23.8 Å². The van der Waals surface area contributed by atoms with Crippen LogP contribution in [0.2, 0.25) is 0 Å². The molecule has 0 aromatic carbocycles. The van der Waals surface area contributed by atoms with Gasteiger partial charge in [0.05, 0.1) is 18.1 Å². The Morgan fingerprint density at radius 2 is 1.94 bits per heavy atom. The zero-order valence-corrected chi connectivity index (χ0v) is 11.6. The Kier molecular flexibility index (Phi) is 4.05. The Balaban J connectivity index is 2.16. The number of amides is 1. The maximum absolute atomic E-state index is 12.4. The van der Waals surface area contributed by atoms with Crippen molar-refractivity contribution >= 4 is 11.6 Å². The molecule has 0 aromatic rings. The zero-order valence-electron chi connectivity index (χ0n) is 11.6. The fraction of sp³-hybridized carbons (Fsp3) is 0.857. The number of hydrazone groups is 1. The highest BCUT2D eigenvalue weighted by atomic mass is 16.3. The van der Waals surface area contributed by atoms with Gasteiger partial charge in [0.1, 0.15) is 0 Å². The first-order valence-corrected chi connectivity index (χ1v) is 7.08. The molecular weight excluding hydrogens is 228 g/mol. The molecule has 1 amide bonds. The summed E-state index contributed by atoms with van der Waals surface area (Å²) in [7, 11) is 0. The molecule has 1 aliphatic heterocycles. The van der Waals surface area contributed by atoms with E-state index in [9.17, 15) is 9.90 Å². The number of nitrogens with zero attached hydrogens (tertiary/aromatic N) is 2. The summed E-state index contributed by atoms with van der Waals surface area (Å²) in [6.45, 7) is 6.02. The number of carbonyl (C=O) groups excluding carboxylic acids is 1. The number of carbonyl (C=O) groups is 1. The van der Waals surface area contributed by atoms with E-state index in [4.69, 9.17) is 0 Å². The Hall–Kier alpha value is -0.900. The molecule has 0 bridgehead atoms. The van der Waals surface area contributed by atoms with Crippen LogP contribution in [-0.2, 0) is 4.79 Å². The summed E-state index contributed by atoms with van der Waals surface area (Å²) in [5.41, 5.74) is 0.895. The topological polar surface area (TPSA) is 52.9 Å². The van der Waals surface area contributed by atoms with Crippen molar-refractivity contribution < 1.29 is 9.90 Å². The van der Waals surface area contributed by atoms with Crippen molar-refractivity contribution in [3.63, 3.8) is 0 Å². The molecule has 0 aromatic heterocycles. The van der Waals surface area contributed by atoms with E-state index in [1.165, 1.54) is 0 Å². The minimum Gasteiger partial charge on any atom is -0.391 e. The third-order valence-corrected chi connectivity index (χ3v) is 4.13. The first kappa shape index (κ1) is 13.5. The third kappa shape index (κ3) is 2.44. The van der Waals surface area contributed by atoms with Crippen LogP contribution in [-0.4, -0.2) is 33.9 Å². The van der Waals surface area contributed by atoms with Gasteiger partial charge in [0.15, 0.2) is 0 Å². The number of hydrogen-bond donors (Lipinski definition) is 1. The molecule has 18 heavy (non-hydrogen) atoms. The highest BCUT2D eigenvalue weighted by molar-refractivity contribution is 6.07. The molecule has 2 aliphatic rings. The van der Waals surface area contributed by atoms with Crippen molar-refractivity contribution in [2.75, 3.05) is 0 Å². The molecule has 0 radical (unpaired) electrons.